The molecule has 1 atom stereocenters. The highest BCUT2D eigenvalue weighted by molar-refractivity contribution is 7.58. The van der Waals surface area contributed by atoms with E-state index in [0.29, 0.717) is 6.61 Å². The number of hydrogen-bond donors (Lipinski definition) is 3. The van der Waals surface area contributed by atoms with E-state index in [2.05, 4.69) is 24.7 Å². The lowest BCUT2D eigenvalue weighted by molar-refractivity contribution is 0.219. The van der Waals surface area contributed by atoms with Gasteiger partial charge in [-0.2, -0.15) is 0 Å². The topological polar surface area (TPSA) is 84.9 Å². The molecule has 0 rings (SSSR count). The first-order chi connectivity index (χ1) is 27.5. The van der Waals surface area contributed by atoms with Crippen LogP contribution in [0, 0.1) is 0 Å². The minimum atomic E-state index is -2.75. The van der Waals surface area contributed by atoms with Gasteiger partial charge in [-0.05, 0) is 25.7 Å². The fourth-order valence-corrected chi connectivity index (χ4v) is 8.07. The Bertz CT molecular complexity index is 656. The maximum Gasteiger partial charge on any atom is 0.247 e. The molecule has 0 aromatic carbocycles. The largest absolute Gasteiger partial charge is 0.400 e. The van der Waals surface area contributed by atoms with Crippen molar-refractivity contribution in [2.75, 3.05) is 27.4 Å². The lowest BCUT2D eigenvalue weighted by Gasteiger charge is -2.14. The van der Waals surface area contributed by atoms with Gasteiger partial charge in [-0.25, -0.2) is 0 Å². The summed E-state index contributed by atoms with van der Waals surface area (Å²) in [5, 5.41) is 7.00. The van der Waals surface area contributed by atoms with Crippen LogP contribution in [-0.4, -0.2) is 43.7 Å². The molecule has 0 amide bonds. The van der Waals surface area contributed by atoms with Gasteiger partial charge in [0.25, 0.3) is 0 Å². The van der Waals surface area contributed by atoms with Crippen molar-refractivity contribution in [2.24, 2.45) is 5.73 Å². The van der Waals surface area contributed by atoms with Gasteiger partial charge >= 0.3 is 0 Å². The Hall–Kier alpha value is 0.100. The standard InChI is InChI=1S/C41H84.C8H20NO3P.CH4O/c1-3-5-7-9-11-13-15-17-19-21-23-25-27-29-31-33-35-37-39-41-40-38-36-34-32-30-28-26-24-22-20-18-16-14-12-10-8-6-4-2;1-11-13(2,10)12-8-6-4-3-5-7-9;1-2/h3-41H2,1-2H3;10H,2-9H2,1H3;2H,1H3. The Balaban J connectivity index is -0.00000157. The van der Waals surface area contributed by atoms with Crippen LogP contribution < -0.4 is 5.73 Å². The summed E-state index contributed by atoms with van der Waals surface area (Å²) in [6.45, 7) is 5.87. The number of unbranched alkanes of at least 4 members (excludes halogenated alkanes) is 41. The summed E-state index contributed by atoms with van der Waals surface area (Å²) in [7, 11) is -0.356. The molecule has 0 saturated heterocycles. The van der Waals surface area contributed by atoms with Crippen LogP contribution in [0.4, 0.5) is 0 Å². The van der Waals surface area contributed by atoms with Gasteiger partial charge in [0.2, 0.25) is 7.57 Å². The highest BCUT2D eigenvalue weighted by Crippen LogP contribution is 2.41. The third-order valence-corrected chi connectivity index (χ3v) is 12.5. The molecule has 0 aromatic heterocycles. The Morgan fingerprint density at radius 2 is 0.536 bits per heavy atom. The molecule has 0 spiro atoms. The van der Waals surface area contributed by atoms with Gasteiger partial charge in [0.1, 0.15) is 0 Å². The van der Waals surface area contributed by atoms with Crippen LogP contribution in [0.25, 0.3) is 0 Å². The lowest BCUT2D eigenvalue weighted by Crippen LogP contribution is -1.99. The van der Waals surface area contributed by atoms with Gasteiger partial charge in [-0.1, -0.05) is 277 Å². The first kappa shape index (κ1) is 60.4. The smallest absolute Gasteiger partial charge is 0.247 e. The molecule has 6 heteroatoms. The highest BCUT2D eigenvalue weighted by Gasteiger charge is 2.07. The second-order valence-electron chi connectivity index (χ2n) is 16.9. The number of nitrogens with two attached hydrogens (primary N) is 1. The minimum absolute atomic E-state index is 0.506. The monoisotopic (exact) mass is 818 g/mol. The van der Waals surface area contributed by atoms with Crippen molar-refractivity contribution in [1.29, 1.82) is 0 Å². The van der Waals surface area contributed by atoms with Gasteiger partial charge in [0.15, 0.2) is 0 Å². The molecular weight excluding hydrogens is 710 g/mol. The van der Waals surface area contributed by atoms with E-state index in [9.17, 15) is 4.89 Å². The molecule has 0 aromatic rings. The van der Waals surface area contributed by atoms with Crippen LogP contribution >= 0.6 is 7.57 Å². The fourth-order valence-electron chi connectivity index (χ4n) is 7.55. The molecule has 0 bridgehead atoms. The second-order valence-corrected chi connectivity index (χ2v) is 18.8. The van der Waals surface area contributed by atoms with E-state index in [1.807, 2.05) is 0 Å². The average molecular weight is 818 g/mol. The van der Waals surface area contributed by atoms with E-state index in [1.165, 1.54) is 258 Å². The van der Waals surface area contributed by atoms with Gasteiger partial charge < -0.3 is 24.8 Å². The van der Waals surface area contributed by atoms with Crippen LogP contribution in [0.1, 0.15) is 290 Å². The molecule has 0 heterocycles. The van der Waals surface area contributed by atoms with Crippen LogP contribution in [0.5, 0.6) is 0 Å². The maximum absolute atomic E-state index is 9.26. The normalized spacial score (nSPS) is 12.2. The number of hydrogen-bond acceptors (Lipinski definition) is 5. The van der Waals surface area contributed by atoms with Gasteiger partial charge in [0, 0.05) is 14.2 Å². The Morgan fingerprint density at radius 1 is 0.357 bits per heavy atom. The van der Waals surface area contributed by atoms with Crippen molar-refractivity contribution in [1.82, 2.24) is 0 Å². The van der Waals surface area contributed by atoms with E-state index in [1.54, 1.807) is 0 Å². The SMILES string of the molecule is C=P(O)(OC)OCCCCCCN.CCCCCCCCCCCCCCCCCCCCCCCCCCCCCCCCCCCCCCCCC.CO. The molecule has 56 heavy (non-hydrogen) atoms. The zero-order valence-corrected chi connectivity index (χ0v) is 40.2. The second kappa shape index (κ2) is 57.2. The molecular formula is C50H108NO4P. The Labute approximate surface area is 354 Å². The molecule has 0 aliphatic heterocycles. The molecule has 0 aliphatic carbocycles. The van der Waals surface area contributed by atoms with E-state index >= 15 is 0 Å². The van der Waals surface area contributed by atoms with Crippen molar-refractivity contribution >= 4 is 13.9 Å². The van der Waals surface area contributed by atoms with Crippen LogP contribution in [0.3, 0.4) is 0 Å². The summed E-state index contributed by atoms with van der Waals surface area (Å²) in [6.07, 6.45) is 65.5. The molecule has 1 unspecified atom stereocenters. The molecule has 0 fully saturated rings. The summed E-state index contributed by atoms with van der Waals surface area (Å²) in [4.78, 5) is 9.26. The molecule has 4 N–H and O–H groups in total. The van der Waals surface area contributed by atoms with Gasteiger partial charge in [0.05, 0.1) is 6.61 Å². The molecule has 342 valence electrons. The predicted molar refractivity (Wildman–Crippen MR) is 256 cm³/mol. The zero-order valence-electron chi connectivity index (χ0n) is 39.3. The fraction of sp³-hybridized carbons (Fsp3) is 0.980. The summed E-state index contributed by atoms with van der Waals surface area (Å²) < 4.78 is 9.74. The highest BCUT2D eigenvalue weighted by atomic mass is 31.2. The van der Waals surface area contributed by atoms with E-state index in [0.717, 1.165) is 39.3 Å². The summed E-state index contributed by atoms with van der Waals surface area (Å²) in [5.74, 6) is 0. The molecule has 0 aliphatic rings. The molecule has 0 radical (unpaired) electrons. The van der Waals surface area contributed by atoms with Crippen LogP contribution in [0.15, 0.2) is 0 Å². The quantitative estimate of drug-likeness (QED) is 0.0421. The number of aliphatic hydroxyl groups excluding tert-OH is 1. The van der Waals surface area contributed by atoms with Crippen molar-refractivity contribution in [2.45, 2.75) is 290 Å². The first-order valence-electron chi connectivity index (χ1n) is 25.3. The number of rotatable bonds is 46. The third kappa shape index (κ3) is 60.8. The third-order valence-electron chi connectivity index (χ3n) is 11.4. The lowest BCUT2D eigenvalue weighted by atomic mass is 10.0. The van der Waals surface area contributed by atoms with Crippen molar-refractivity contribution in [3.05, 3.63) is 0 Å². The van der Waals surface area contributed by atoms with Crippen molar-refractivity contribution in [3.8, 4) is 0 Å². The first-order valence-corrected chi connectivity index (χ1v) is 27.1. The molecule has 0 saturated carbocycles. The van der Waals surface area contributed by atoms with E-state index in [4.69, 9.17) is 15.4 Å². The predicted octanol–water partition coefficient (Wildman–Crippen LogP) is 17.2. The van der Waals surface area contributed by atoms with Gasteiger partial charge in [-0.15, -0.1) is 0 Å². The maximum atomic E-state index is 9.26. The Morgan fingerprint density at radius 3 is 0.714 bits per heavy atom. The number of aliphatic hydroxyl groups is 1. The average Bonchev–Trinajstić information content (AvgIpc) is 3.21. The summed E-state index contributed by atoms with van der Waals surface area (Å²) >= 11 is 0. The van der Waals surface area contributed by atoms with E-state index < -0.39 is 7.57 Å². The minimum Gasteiger partial charge on any atom is -0.400 e. The van der Waals surface area contributed by atoms with Gasteiger partial charge in [-0.3, -0.25) is 0 Å². The zero-order chi connectivity index (χ0) is 41.7. The van der Waals surface area contributed by atoms with Crippen LogP contribution in [0.2, 0.25) is 0 Å². The van der Waals surface area contributed by atoms with E-state index in [-0.39, 0.29) is 0 Å². The Kier molecular flexibility index (Phi) is 61.7. The van der Waals surface area contributed by atoms with Crippen molar-refractivity contribution in [3.63, 3.8) is 0 Å². The van der Waals surface area contributed by atoms with Crippen molar-refractivity contribution < 1.29 is 19.0 Å². The summed E-state index contributed by atoms with van der Waals surface area (Å²) in [5.41, 5.74) is 5.34. The summed E-state index contributed by atoms with van der Waals surface area (Å²) in [6, 6.07) is 0. The van der Waals surface area contributed by atoms with Crippen LogP contribution in [-0.2, 0) is 9.05 Å². The molecule has 5 nitrogen and oxygen atoms in total.